The first-order valence-electron chi connectivity index (χ1n) is 8.39. The molecule has 2 amide bonds. The van der Waals surface area contributed by atoms with Gasteiger partial charge in [-0.1, -0.05) is 36.4 Å². The molecule has 2 N–H and O–H groups in total. The Morgan fingerprint density at radius 2 is 1.79 bits per heavy atom. The highest BCUT2D eigenvalue weighted by Gasteiger charge is 2.20. The Bertz CT molecular complexity index is 939. The number of ether oxygens (including phenoxy) is 2. The Morgan fingerprint density at radius 1 is 1.07 bits per heavy atom. The predicted molar refractivity (Wildman–Crippen MR) is 96.7 cm³/mol. The first kappa shape index (κ1) is 19.0. The quantitative estimate of drug-likeness (QED) is 0.704. The van der Waals surface area contributed by atoms with Crippen molar-refractivity contribution >= 4 is 23.9 Å². The zero-order chi connectivity index (χ0) is 20.1. The van der Waals surface area contributed by atoms with Crippen LogP contribution in [-0.4, -0.2) is 24.6 Å². The van der Waals surface area contributed by atoms with Gasteiger partial charge in [-0.3, -0.25) is 9.59 Å². The number of carbonyl (C=O) groups is 3. The van der Waals surface area contributed by atoms with Gasteiger partial charge >= 0.3 is 0 Å². The van der Waals surface area contributed by atoms with E-state index in [4.69, 9.17) is 9.47 Å². The molecule has 0 bridgehead atoms. The fourth-order valence-corrected chi connectivity index (χ4v) is 2.65. The number of rotatable bonds is 6. The molecule has 2 aromatic rings. The van der Waals surface area contributed by atoms with E-state index in [1.54, 1.807) is 48.5 Å². The van der Waals surface area contributed by atoms with Crippen molar-refractivity contribution in [3.8, 4) is 11.5 Å². The van der Waals surface area contributed by atoms with Crippen molar-refractivity contribution in [2.45, 2.75) is 13.0 Å². The van der Waals surface area contributed by atoms with E-state index in [1.165, 1.54) is 13.0 Å². The average molecular weight is 381 g/mol. The Hall–Kier alpha value is -3.81. The summed E-state index contributed by atoms with van der Waals surface area (Å²) in [6.07, 6.45) is 1.41. The van der Waals surface area contributed by atoms with E-state index in [2.05, 4.69) is 10.6 Å². The maximum absolute atomic E-state index is 12.7. The first-order valence-corrected chi connectivity index (χ1v) is 8.39. The van der Waals surface area contributed by atoms with Crippen LogP contribution in [0.4, 0.5) is 0 Å². The van der Waals surface area contributed by atoms with Crippen LogP contribution in [-0.2, 0) is 14.4 Å². The molecule has 0 spiro atoms. The summed E-state index contributed by atoms with van der Waals surface area (Å²) in [7, 11) is 0. The maximum Gasteiger partial charge on any atom is 0.268 e. The minimum absolute atomic E-state index is 0.103. The van der Waals surface area contributed by atoms with Gasteiger partial charge in [0.05, 0.1) is 12.0 Å². The fourth-order valence-electron chi connectivity index (χ4n) is 2.65. The molecule has 8 nitrogen and oxygen atoms in total. The normalized spacial score (nSPS) is 13.5. The van der Waals surface area contributed by atoms with Crippen LogP contribution in [0, 0.1) is 0 Å². The zero-order valence-corrected chi connectivity index (χ0v) is 14.9. The molecule has 1 heterocycles. The summed E-state index contributed by atoms with van der Waals surface area (Å²) >= 11 is 0. The van der Waals surface area contributed by atoms with Gasteiger partial charge in [0.15, 0.2) is 11.5 Å². The Balaban J connectivity index is 1.87. The SMILES string of the molecule is CC(=O)N/C(=C\c1ccc2c(c1)OCO2)C(=O)N[C@@H](C(=O)[O-])c1ccccc1. The van der Waals surface area contributed by atoms with Crippen molar-refractivity contribution in [2.75, 3.05) is 6.79 Å². The van der Waals surface area contributed by atoms with Crippen LogP contribution in [0.2, 0.25) is 0 Å². The van der Waals surface area contributed by atoms with Crippen molar-refractivity contribution < 1.29 is 29.0 Å². The van der Waals surface area contributed by atoms with E-state index in [1.807, 2.05) is 0 Å². The van der Waals surface area contributed by atoms with Gasteiger partial charge in [-0.25, -0.2) is 0 Å². The molecule has 0 radical (unpaired) electrons. The third-order valence-electron chi connectivity index (χ3n) is 3.91. The highest BCUT2D eigenvalue weighted by Crippen LogP contribution is 2.33. The number of fused-ring (bicyclic) bond motifs is 1. The molecule has 0 unspecified atom stereocenters. The molecule has 0 saturated carbocycles. The Kier molecular flexibility index (Phi) is 5.59. The zero-order valence-electron chi connectivity index (χ0n) is 14.9. The second-order valence-electron chi connectivity index (χ2n) is 5.99. The lowest BCUT2D eigenvalue weighted by molar-refractivity contribution is -0.308. The highest BCUT2D eigenvalue weighted by molar-refractivity contribution is 6.02. The minimum Gasteiger partial charge on any atom is -0.548 e. The summed E-state index contributed by atoms with van der Waals surface area (Å²) in [6.45, 7) is 1.35. The number of carboxylic acids is 1. The highest BCUT2D eigenvalue weighted by atomic mass is 16.7. The topological polar surface area (TPSA) is 117 Å². The lowest BCUT2D eigenvalue weighted by Gasteiger charge is -2.21. The summed E-state index contributed by atoms with van der Waals surface area (Å²) in [5, 5.41) is 16.3. The number of hydrogen-bond acceptors (Lipinski definition) is 6. The van der Waals surface area contributed by atoms with Crippen molar-refractivity contribution in [2.24, 2.45) is 0 Å². The number of aliphatic carboxylic acids is 1. The van der Waals surface area contributed by atoms with Crippen LogP contribution in [0.1, 0.15) is 24.1 Å². The lowest BCUT2D eigenvalue weighted by atomic mass is 10.1. The molecule has 1 aliphatic heterocycles. The maximum atomic E-state index is 12.7. The summed E-state index contributed by atoms with van der Waals surface area (Å²) in [6, 6.07) is 11.7. The van der Waals surface area contributed by atoms with Gasteiger partial charge in [-0.2, -0.15) is 0 Å². The molecular weight excluding hydrogens is 364 g/mol. The standard InChI is InChI=1S/C20H18N2O6/c1-12(23)21-15(9-13-7-8-16-17(10-13)28-11-27-16)19(24)22-18(20(25)26)14-5-3-2-4-6-14/h2-10,18H,11H2,1H3,(H,21,23)(H,22,24)(H,25,26)/p-1/b15-9-/t18-/m1/s1. The molecule has 8 heteroatoms. The summed E-state index contributed by atoms with van der Waals surface area (Å²) in [4.78, 5) is 35.7. The number of benzene rings is 2. The van der Waals surface area contributed by atoms with Gasteiger partial charge < -0.3 is 30.0 Å². The Labute approximate surface area is 160 Å². The van der Waals surface area contributed by atoms with Crippen molar-refractivity contribution in [3.05, 3.63) is 65.4 Å². The van der Waals surface area contributed by atoms with E-state index in [-0.39, 0.29) is 12.5 Å². The summed E-state index contributed by atoms with van der Waals surface area (Å²) < 4.78 is 10.5. The second kappa shape index (κ2) is 8.26. The fraction of sp³-hybridized carbons (Fsp3) is 0.150. The number of hydrogen-bond donors (Lipinski definition) is 2. The van der Waals surface area contributed by atoms with Crippen LogP contribution in [0.15, 0.2) is 54.2 Å². The van der Waals surface area contributed by atoms with Gasteiger partial charge in [0, 0.05) is 6.92 Å². The second-order valence-corrected chi connectivity index (χ2v) is 5.99. The van der Waals surface area contributed by atoms with Crippen LogP contribution in [0.5, 0.6) is 11.5 Å². The number of nitrogens with one attached hydrogen (secondary N) is 2. The largest absolute Gasteiger partial charge is 0.548 e. The van der Waals surface area contributed by atoms with E-state index >= 15 is 0 Å². The molecule has 144 valence electrons. The van der Waals surface area contributed by atoms with Gasteiger partial charge in [-0.05, 0) is 29.3 Å². The van der Waals surface area contributed by atoms with Gasteiger partial charge in [-0.15, -0.1) is 0 Å². The van der Waals surface area contributed by atoms with Crippen LogP contribution >= 0.6 is 0 Å². The monoisotopic (exact) mass is 381 g/mol. The van der Waals surface area contributed by atoms with Crippen molar-refractivity contribution in [1.29, 1.82) is 0 Å². The molecule has 1 atom stereocenters. The third kappa shape index (κ3) is 4.47. The predicted octanol–water partition coefficient (Wildman–Crippen LogP) is 0.500. The van der Waals surface area contributed by atoms with Gasteiger partial charge in [0.25, 0.3) is 5.91 Å². The Morgan fingerprint density at radius 3 is 2.46 bits per heavy atom. The van der Waals surface area contributed by atoms with Crippen molar-refractivity contribution in [1.82, 2.24) is 10.6 Å². The van der Waals surface area contributed by atoms with E-state index in [9.17, 15) is 19.5 Å². The molecule has 2 aromatic carbocycles. The average Bonchev–Trinajstić information content (AvgIpc) is 3.13. The van der Waals surface area contributed by atoms with E-state index < -0.39 is 23.8 Å². The van der Waals surface area contributed by atoms with Gasteiger partial charge in [0.2, 0.25) is 12.7 Å². The third-order valence-corrected chi connectivity index (χ3v) is 3.91. The van der Waals surface area contributed by atoms with Crippen molar-refractivity contribution in [3.63, 3.8) is 0 Å². The molecule has 1 aliphatic rings. The molecule has 28 heavy (non-hydrogen) atoms. The summed E-state index contributed by atoms with van der Waals surface area (Å²) in [5.74, 6) is -1.64. The molecule has 0 aromatic heterocycles. The molecule has 3 rings (SSSR count). The summed E-state index contributed by atoms with van der Waals surface area (Å²) in [5.41, 5.74) is 0.794. The number of carboxylic acid groups (broad SMARTS) is 1. The molecular formula is C20H17N2O6-. The van der Waals surface area contributed by atoms with E-state index in [0.717, 1.165) is 0 Å². The van der Waals surface area contributed by atoms with Crippen LogP contribution in [0.3, 0.4) is 0 Å². The van der Waals surface area contributed by atoms with Gasteiger partial charge in [0.1, 0.15) is 5.70 Å². The number of carbonyl (C=O) groups excluding carboxylic acids is 3. The van der Waals surface area contributed by atoms with Crippen LogP contribution < -0.4 is 25.2 Å². The molecule has 0 saturated heterocycles. The van der Waals surface area contributed by atoms with E-state index in [0.29, 0.717) is 22.6 Å². The minimum atomic E-state index is -1.47. The molecule has 0 fully saturated rings. The molecule has 0 aliphatic carbocycles. The smallest absolute Gasteiger partial charge is 0.268 e. The lowest BCUT2D eigenvalue weighted by Crippen LogP contribution is -2.43. The van der Waals surface area contributed by atoms with Crippen LogP contribution in [0.25, 0.3) is 6.08 Å². The first-order chi connectivity index (χ1) is 13.4. The number of amides is 2.